The number of anilines is 1. The second-order valence-corrected chi connectivity index (χ2v) is 5.73. The molecule has 0 bridgehead atoms. The number of nitrogens with one attached hydrogen (secondary N) is 1. The number of nitrogens with zero attached hydrogens (tertiary/aromatic N) is 2. The van der Waals surface area contributed by atoms with Crippen molar-refractivity contribution >= 4 is 5.82 Å². The summed E-state index contributed by atoms with van der Waals surface area (Å²) in [7, 11) is 0. The van der Waals surface area contributed by atoms with Crippen molar-refractivity contribution in [2.24, 2.45) is 5.92 Å². The first kappa shape index (κ1) is 14.3. The summed E-state index contributed by atoms with van der Waals surface area (Å²) < 4.78 is 0. The molecule has 4 nitrogen and oxygen atoms in total. The van der Waals surface area contributed by atoms with Crippen LogP contribution < -0.4 is 10.2 Å². The van der Waals surface area contributed by atoms with Crippen LogP contribution in [0.5, 0.6) is 0 Å². The lowest BCUT2D eigenvalue weighted by molar-refractivity contribution is 0.244. The Morgan fingerprint density at radius 3 is 3.00 bits per heavy atom. The van der Waals surface area contributed by atoms with Crippen molar-refractivity contribution in [3.8, 4) is 0 Å². The molecule has 0 radical (unpaired) electrons. The van der Waals surface area contributed by atoms with E-state index in [2.05, 4.69) is 42.0 Å². The molecule has 0 aromatic carbocycles. The molecule has 1 saturated heterocycles. The number of hydrogen-bond donors (Lipinski definition) is 2. The van der Waals surface area contributed by atoms with Crippen molar-refractivity contribution in [1.29, 1.82) is 0 Å². The summed E-state index contributed by atoms with van der Waals surface area (Å²) in [5.74, 6) is 1.55. The molecule has 2 unspecified atom stereocenters. The Hall–Kier alpha value is -1.13. The van der Waals surface area contributed by atoms with Gasteiger partial charge in [-0.05, 0) is 18.4 Å². The predicted octanol–water partition coefficient (Wildman–Crippen LogP) is 1.79. The summed E-state index contributed by atoms with van der Waals surface area (Å²) in [6.07, 6.45) is 2.96. The van der Waals surface area contributed by atoms with E-state index in [9.17, 15) is 5.11 Å². The van der Waals surface area contributed by atoms with Gasteiger partial charge in [0.1, 0.15) is 5.82 Å². The SMILES string of the molecule is CC(C)NCc1cccnc1N1CCC(C)C1CO. The van der Waals surface area contributed by atoms with E-state index in [0.717, 1.165) is 25.3 Å². The molecule has 0 amide bonds. The zero-order valence-electron chi connectivity index (χ0n) is 12.1. The quantitative estimate of drug-likeness (QED) is 0.850. The molecular weight excluding hydrogens is 238 g/mol. The van der Waals surface area contributed by atoms with Crippen LogP contribution in [0, 0.1) is 5.92 Å². The highest BCUT2D eigenvalue weighted by molar-refractivity contribution is 5.49. The van der Waals surface area contributed by atoms with Crippen LogP contribution in [-0.2, 0) is 6.54 Å². The highest BCUT2D eigenvalue weighted by atomic mass is 16.3. The van der Waals surface area contributed by atoms with Gasteiger partial charge in [0.05, 0.1) is 12.6 Å². The van der Waals surface area contributed by atoms with Gasteiger partial charge in [-0.3, -0.25) is 0 Å². The maximum atomic E-state index is 9.59. The molecule has 19 heavy (non-hydrogen) atoms. The van der Waals surface area contributed by atoms with Gasteiger partial charge in [-0.15, -0.1) is 0 Å². The number of aliphatic hydroxyl groups is 1. The highest BCUT2D eigenvalue weighted by Gasteiger charge is 2.32. The van der Waals surface area contributed by atoms with E-state index in [1.807, 2.05) is 12.3 Å². The number of aliphatic hydroxyl groups excluding tert-OH is 1. The minimum atomic E-state index is 0.202. The molecule has 4 heteroatoms. The van der Waals surface area contributed by atoms with Crippen LogP contribution in [0.1, 0.15) is 32.8 Å². The van der Waals surface area contributed by atoms with Crippen LogP contribution in [0.25, 0.3) is 0 Å². The van der Waals surface area contributed by atoms with E-state index in [0.29, 0.717) is 12.0 Å². The third-order valence-electron chi connectivity index (χ3n) is 3.91. The van der Waals surface area contributed by atoms with Crippen LogP contribution in [0.4, 0.5) is 5.82 Å². The number of hydrogen-bond acceptors (Lipinski definition) is 4. The monoisotopic (exact) mass is 263 g/mol. The molecule has 106 valence electrons. The van der Waals surface area contributed by atoms with Crippen LogP contribution in [0.2, 0.25) is 0 Å². The average molecular weight is 263 g/mol. The van der Waals surface area contributed by atoms with E-state index in [-0.39, 0.29) is 12.6 Å². The summed E-state index contributed by atoms with van der Waals surface area (Å²) in [5.41, 5.74) is 1.21. The van der Waals surface area contributed by atoms with Crippen molar-refractivity contribution in [1.82, 2.24) is 10.3 Å². The first-order chi connectivity index (χ1) is 9.13. The molecule has 1 aliphatic rings. The lowest BCUT2D eigenvalue weighted by Gasteiger charge is -2.28. The molecule has 1 aliphatic heterocycles. The predicted molar refractivity (Wildman–Crippen MR) is 78.2 cm³/mol. The van der Waals surface area contributed by atoms with Gasteiger partial charge < -0.3 is 15.3 Å². The topological polar surface area (TPSA) is 48.4 Å². The van der Waals surface area contributed by atoms with Crippen molar-refractivity contribution in [3.63, 3.8) is 0 Å². The molecule has 2 N–H and O–H groups in total. The first-order valence-electron chi connectivity index (χ1n) is 7.18. The molecule has 0 aliphatic carbocycles. The van der Waals surface area contributed by atoms with Crippen LogP contribution in [-0.4, -0.2) is 35.3 Å². The lowest BCUT2D eigenvalue weighted by atomic mass is 10.0. The Kier molecular flexibility index (Phi) is 4.77. The zero-order valence-corrected chi connectivity index (χ0v) is 12.1. The fraction of sp³-hybridized carbons (Fsp3) is 0.667. The highest BCUT2D eigenvalue weighted by Crippen LogP contribution is 2.30. The molecule has 1 fully saturated rings. The van der Waals surface area contributed by atoms with Crippen LogP contribution in [0.15, 0.2) is 18.3 Å². The summed E-state index contributed by atoms with van der Waals surface area (Å²) >= 11 is 0. The Labute approximate surface area is 115 Å². The fourth-order valence-corrected chi connectivity index (χ4v) is 2.69. The molecule has 1 aromatic heterocycles. The van der Waals surface area contributed by atoms with Crippen molar-refractivity contribution in [3.05, 3.63) is 23.9 Å². The Balaban J connectivity index is 2.19. The third-order valence-corrected chi connectivity index (χ3v) is 3.91. The molecule has 2 atom stereocenters. The van der Waals surface area contributed by atoms with Gasteiger partial charge in [-0.25, -0.2) is 4.98 Å². The molecule has 1 aromatic rings. The van der Waals surface area contributed by atoms with Gasteiger partial charge in [0.25, 0.3) is 0 Å². The molecule has 2 heterocycles. The van der Waals surface area contributed by atoms with Crippen LogP contribution >= 0.6 is 0 Å². The van der Waals surface area contributed by atoms with Gasteiger partial charge in [0.15, 0.2) is 0 Å². The smallest absolute Gasteiger partial charge is 0.133 e. The first-order valence-corrected chi connectivity index (χ1v) is 7.18. The second kappa shape index (κ2) is 6.35. The van der Waals surface area contributed by atoms with Gasteiger partial charge in [0.2, 0.25) is 0 Å². The van der Waals surface area contributed by atoms with Crippen molar-refractivity contribution in [2.75, 3.05) is 18.1 Å². The number of rotatable bonds is 5. The summed E-state index contributed by atoms with van der Waals surface area (Å²) in [5, 5.41) is 13.0. The summed E-state index contributed by atoms with van der Waals surface area (Å²) in [6, 6.07) is 4.76. The van der Waals surface area contributed by atoms with Crippen molar-refractivity contribution < 1.29 is 5.11 Å². The minimum Gasteiger partial charge on any atom is -0.394 e. The Morgan fingerprint density at radius 2 is 2.32 bits per heavy atom. The third kappa shape index (κ3) is 3.25. The molecular formula is C15H25N3O. The maximum absolute atomic E-state index is 9.59. The maximum Gasteiger partial charge on any atom is 0.133 e. The van der Waals surface area contributed by atoms with E-state index < -0.39 is 0 Å². The standard InChI is InChI=1S/C15H25N3O/c1-11(2)17-9-13-5-4-7-16-15(13)18-8-6-12(3)14(18)10-19/h4-5,7,11-12,14,17,19H,6,8-10H2,1-3H3. The molecule has 0 spiro atoms. The average Bonchev–Trinajstić information content (AvgIpc) is 2.77. The van der Waals surface area contributed by atoms with Gasteiger partial charge in [-0.1, -0.05) is 26.8 Å². The largest absolute Gasteiger partial charge is 0.394 e. The van der Waals surface area contributed by atoms with Gasteiger partial charge in [0, 0.05) is 30.9 Å². The van der Waals surface area contributed by atoms with Gasteiger partial charge in [-0.2, -0.15) is 0 Å². The molecule has 2 rings (SSSR count). The second-order valence-electron chi connectivity index (χ2n) is 5.73. The normalized spacial score (nSPS) is 23.3. The Bertz CT molecular complexity index is 408. The zero-order chi connectivity index (χ0) is 13.8. The molecule has 0 saturated carbocycles. The van der Waals surface area contributed by atoms with E-state index in [1.54, 1.807) is 0 Å². The van der Waals surface area contributed by atoms with E-state index in [4.69, 9.17) is 0 Å². The fourth-order valence-electron chi connectivity index (χ4n) is 2.69. The van der Waals surface area contributed by atoms with Crippen molar-refractivity contribution in [2.45, 2.75) is 45.8 Å². The summed E-state index contributed by atoms with van der Waals surface area (Å²) in [6.45, 7) is 8.50. The minimum absolute atomic E-state index is 0.202. The lowest BCUT2D eigenvalue weighted by Crippen LogP contribution is -2.37. The number of aromatic nitrogens is 1. The van der Waals surface area contributed by atoms with E-state index >= 15 is 0 Å². The van der Waals surface area contributed by atoms with E-state index in [1.165, 1.54) is 5.56 Å². The van der Waals surface area contributed by atoms with Gasteiger partial charge >= 0.3 is 0 Å². The summed E-state index contributed by atoms with van der Waals surface area (Å²) in [4.78, 5) is 6.81. The Morgan fingerprint density at radius 1 is 1.53 bits per heavy atom. The van der Waals surface area contributed by atoms with Crippen LogP contribution in [0.3, 0.4) is 0 Å². The number of pyridine rings is 1.